The highest BCUT2D eigenvalue weighted by atomic mass is 32.2. The van der Waals surface area contributed by atoms with E-state index in [0.29, 0.717) is 27.0 Å². The second kappa shape index (κ2) is 8.84. The summed E-state index contributed by atoms with van der Waals surface area (Å²) in [5.41, 5.74) is 2.44. The molecule has 0 aliphatic carbocycles. The van der Waals surface area contributed by atoms with Crippen LogP contribution in [-0.4, -0.2) is 21.1 Å². The maximum absolute atomic E-state index is 12.6. The molecule has 0 aliphatic rings. The molecule has 4 aromatic rings. The molecule has 0 bridgehead atoms. The van der Waals surface area contributed by atoms with Gasteiger partial charge in [-0.1, -0.05) is 41.3 Å². The molecule has 0 spiro atoms. The van der Waals surface area contributed by atoms with Gasteiger partial charge in [0.15, 0.2) is 4.34 Å². The SMILES string of the molecule is Cc1nc(-c2cccs2)sc1C(=O)Nc1nnc(SCc2ccc(C#N)cc2)s1. The van der Waals surface area contributed by atoms with E-state index in [9.17, 15) is 4.79 Å². The van der Waals surface area contributed by atoms with Gasteiger partial charge in [0, 0.05) is 5.75 Å². The molecular weight excluding hydrogens is 443 g/mol. The van der Waals surface area contributed by atoms with Gasteiger partial charge in [-0.15, -0.1) is 32.9 Å². The van der Waals surface area contributed by atoms with E-state index in [1.807, 2.05) is 36.6 Å². The van der Waals surface area contributed by atoms with Crippen molar-refractivity contribution in [3.63, 3.8) is 0 Å². The van der Waals surface area contributed by atoms with E-state index in [0.717, 1.165) is 19.8 Å². The first-order valence-electron chi connectivity index (χ1n) is 8.40. The zero-order valence-electron chi connectivity index (χ0n) is 15.1. The summed E-state index contributed by atoms with van der Waals surface area (Å²) in [5, 5.41) is 23.2. The van der Waals surface area contributed by atoms with Crippen molar-refractivity contribution in [3.8, 4) is 16.0 Å². The molecule has 3 aromatic heterocycles. The van der Waals surface area contributed by atoms with Gasteiger partial charge in [-0.25, -0.2) is 4.98 Å². The number of hydrogen-bond acceptors (Lipinski definition) is 9. The Hall–Kier alpha value is -2.58. The van der Waals surface area contributed by atoms with E-state index in [-0.39, 0.29) is 5.91 Å². The van der Waals surface area contributed by atoms with Gasteiger partial charge >= 0.3 is 0 Å². The number of nitriles is 1. The van der Waals surface area contributed by atoms with Crippen LogP contribution in [0.2, 0.25) is 0 Å². The van der Waals surface area contributed by atoms with Gasteiger partial charge in [0.2, 0.25) is 5.13 Å². The van der Waals surface area contributed by atoms with Crippen LogP contribution < -0.4 is 5.32 Å². The molecule has 1 N–H and O–H groups in total. The number of thiazole rings is 1. The highest BCUT2D eigenvalue weighted by Crippen LogP contribution is 2.32. The number of carbonyl (C=O) groups is 1. The number of benzene rings is 1. The Bertz CT molecular complexity index is 1170. The summed E-state index contributed by atoms with van der Waals surface area (Å²) >= 11 is 5.85. The number of anilines is 1. The Balaban J connectivity index is 1.38. The van der Waals surface area contributed by atoms with Crippen molar-refractivity contribution < 1.29 is 4.79 Å². The van der Waals surface area contributed by atoms with Crippen molar-refractivity contribution in [2.45, 2.75) is 17.0 Å². The van der Waals surface area contributed by atoms with Crippen LogP contribution in [0.1, 0.15) is 26.5 Å². The van der Waals surface area contributed by atoms with E-state index in [4.69, 9.17) is 5.26 Å². The summed E-state index contributed by atoms with van der Waals surface area (Å²) in [6.07, 6.45) is 0. The summed E-state index contributed by atoms with van der Waals surface area (Å²) in [6.45, 7) is 1.83. The number of nitrogens with one attached hydrogen (secondary N) is 1. The molecule has 0 atom stereocenters. The molecule has 0 unspecified atom stereocenters. The fraction of sp³-hybridized carbons (Fsp3) is 0.105. The van der Waals surface area contributed by atoms with Crippen LogP contribution in [0.4, 0.5) is 5.13 Å². The minimum atomic E-state index is -0.220. The fourth-order valence-corrected chi connectivity index (χ4v) is 5.87. The van der Waals surface area contributed by atoms with Gasteiger partial charge in [-0.05, 0) is 36.1 Å². The monoisotopic (exact) mass is 455 g/mol. The molecule has 0 radical (unpaired) electrons. The van der Waals surface area contributed by atoms with Gasteiger partial charge in [-0.2, -0.15) is 5.26 Å². The molecule has 29 heavy (non-hydrogen) atoms. The molecule has 144 valence electrons. The molecule has 0 aliphatic heterocycles. The molecular formula is C19H13N5OS4. The molecule has 4 rings (SSSR count). The van der Waals surface area contributed by atoms with Crippen LogP contribution in [0, 0.1) is 18.3 Å². The van der Waals surface area contributed by atoms with E-state index in [2.05, 4.69) is 26.6 Å². The zero-order chi connectivity index (χ0) is 20.2. The maximum atomic E-state index is 12.6. The number of aryl methyl sites for hydroxylation is 1. The quantitative estimate of drug-likeness (QED) is 0.307. The summed E-state index contributed by atoms with van der Waals surface area (Å²) in [5.74, 6) is 0.495. The second-order valence-electron chi connectivity index (χ2n) is 5.84. The number of thiophene rings is 1. The van der Waals surface area contributed by atoms with Crippen LogP contribution >= 0.6 is 45.8 Å². The minimum Gasteiger partial charge on any atom is -0.296 e. The van der Waals surface area contributed by atoms with Gasteiger partial charge in [0.05, 0.1) is 22.2 Å². The predicted molar refractivity (Wildman–Crippen MR) is 119 cm³/mol. The standard InChI is InChI=1S/C19H13N5OS4/c1-11-15(28-17(21-11)14-3-2-8-26-14)16(25)22-18-23-24-19(29-18)27-10-13-6-4-12(9-20)5-7-13/h2-8H,10H2,1H3,(H,22,23,25). The zero-order valence-corrected chi connectivity index (χ0v) is 18.3. The summed E-state index contributed by atoms with van der Waals surface area (Å²) in [4.78, 5) is 18.8. The average Bonchev–Trinajstić information content (AvgIpc) is 3.47. The Morgan fingerprint density at radius 3 is 2.76 bits per heavy atom. The third-order valence-electron chi connectivity index (χ3n) is 3.81. The summed E-state index contributed by atoms with van der Waals surface area (Å²) in [6, 6.07) is 13.5. The molecule has 3 heterocycles. The topological polar surface area (TPSA) is 91.6 Å². The molecule has 0 fully saturated rings. The van der Waals surface area contributed by atoms with Gasteiger partial charge in [0.25, 0.3) is 5.91 Å². The molecule has 10 heteroatoms. The highest BCUT2D eigenvalue weighted by Gasteiger charge is 2.18. The molecule has 0 saturated carbocycles. The van der Waals surface area contributed by atoms with E-state index < -0.39 is 0 Å². The first kappa shape index (κ1) is 19.7. The number of nitrogens with zero attached hydrogens (tertiary/aromatic N) is 4. The molecule has 0 saturated heterocycles. The summed E-state index contributed by atoms with van der Waals surface area (Å²) in [7, 11) is 0. The van der Waals surface area contributed by atoms with Crippen molar-refractivity contribution >= 4 is 56.8 Å². The van der Waals surface area contributed by atoms with E-state index in [1.165, 1.54) is 34.4 Å². The Kier molecular flexibility index (Phi) is 6.01. The Labute approximate surface area is 183 Å². The first-order valence-corrected chi connectivity index (χ1v) is 11.9. The van der Waals surface area contributed by atoms with Crippen LogP contribution in [-0.2, 0) is 5.75 Å². The lowest BCUT2D eigenvalue weighted by molar-refractivity contribution is 0.102. The normalized spacial score (nSPS) is 10.6. The first-order chi connectivity index (χ1) is 14.1. The highest BCUT2D eigenvalue weighted by molar-refractivity contribution is 8.00. The van der Waals surface area contributed by atoms with Gasteiger partial charge in [0.1, 0.15) is 9.88 Å². The van der Waals surface area contributed by atoms with E-state index in [1.54, 1.807) is 23.5 Å². The number of thioether (sulfide) groups is 1. The number of hydrogen-bond donors (Lipinski definition) is 1. The van der Waals surface area contributed by atoms with Gasteiger partial charge in [-0.3, -0.25) is 10.1 Å². The van der Waals surface area contributed by atoms with Crippen molar-refractivity contribution in [1.82, 2.24) is 15.2 Å². The van der Waals surface area contributed by atoms with Crippen LogP contribution in [0.5, 0.6) is 0 Å². The number of rotatable bonds is 6. The van der Waals surface area contributed by atoms with Crippen molar-refractivity contribution in [3.05, 3.63) is 63.5 Å². The third kappa shape index (κ3) is 4.71. The number of aromatic nitrogens is 3. The average molecular weight is 456 g/mol. The second-order valence-corrected chi connectivity index (χ2v) is 9.98. The fourth-order valence-electron chi connectivity index (χ4n) is 2.41. The van der Waals surface area contributed by atoms with Gasteiger partial charge < -0.3 is 0 Å². The minimum absolute atomic E-state index is 0.220. The number of carbonyl (C=O) groups excluding carboxylic acids is 1. The predicted octanol–water partition coefficient (Wildman–Crippen LogP) is 5.45. The van der Waals surface area contributed by atoms with Crippen LogP contribution in [0.15, 0.2) is 46.1 Å². The summed E-state index contributed by atoms with van der Waals surface area (Å²) < 4.78 is 0.768. The van der Waals surface area contributed by atoms with E-state index >= 15 is 0 Å². The molecule has 1 amide bonds. The smallest absolute Gasteiger partial charge is 0.269 e. The van der Waals surface area contributed by atoms with Crippen LogP contribution in [0.25, 0.3) is 9.88 Å². The Morgan fingerprint density at radius 2 is 2.03 bits per heavy atom. The lowest BCUT2D eigenvalue weighted by Crippen LogP contribution is -2.11. The van der Waals surface area contributed by atoms with Crippen molar-refractivity contribution in [2.24, 2.45) is 0 Å². The number of amides is 1. The maximum Gasteiger partial charge on any atom is 0.269 e. The molecule has 1 aromatic carbocycles. The van der Waals surface area contributed by atoms with Crippen LogP contribution in [0.3, 0.4) is 0 Å². The van der Waals surface area contributed by atoms with Crippen molar-refractivity contribution in [2.75, 3.05) is 5.32 Å². The molecule has 6 nitrogen and oxygen atoms in total. The largest absolute Gasteiger partial charge is 0.296 e. The van der Waals surface area contributed by atoms with Crippen molar-refractivity contribution in [1.29, 1.82) is 5.26 Å². The lowest BCUT2D eigenvalue weighted by atomic mass is 10.2. The lowest BCUT2D eigenvalue weighted by Gasteiger charge is -1.99. The third-order valence-corrected chi connectivity index (χ3v) is 8.05. The Morgan fingerprint density at radius 1 is 1.21 bits per heavy atom.